The molecule has 0 atom stereocenters. The van der Waals surface area contributed by atoms with Crippen molar-refractivity contribution in [2.45, 2.75) is 26.2 Å². The maximum Gasteiger partial charge on any atom is 0.228 e. The van der Waals surface area contributed by atoms with Crippen molar-refractivity contribution < 1.29 is 14.3 Å². The van der Waals surface area contributed by atoms with E-state index in [1.54, 1.807) is 12.0 Å². The number of ether oxygens (including phenoxy) is 1. The molecular weight excluding hydrogens is 396 g/mol. The molecule has 1 N–H and O–H groups in total. The van der Waals surface area contributed by atoms with Gasteiger partial charge in [-0.25, -0.2) is 0 Å². The number of rotatable bonds is 5. The Hall–Kier alpha value is -2.34. The van der Waals surface area contributed by atoms with Crippen LogP contribution in [-0.2, 0) is 22.4 Å². The van der Waals surface area contributed by atoms with Crippen molar-refractivity contribution >= 4 is 39.1 Å². The molecule has 2 aromatic carbocycles. The number of nitrogens with one attached hydrogen (secondary N) is 1. The van der Waals surface area contributed by atoms with Crippen LogP contribution in [0.5, 0.6) is 5.75 Å². The van der Waals surface area contributed by atoms with Crippen LogP contribution in [0.2, 0.25) is 0 Å². The van der Waals surface area contributed by atoms with Gasteiger partial charge in [0.1, 0.15) is 5.75 Å². The fourth-order valence-electron chi connectivity index (χ4n) is 3.23. The standard InChI is InChI=1S/C20H21BrN2O3/c1-3-23-17-8-7-16(10-13(17)5-9-20(23)25)22-19(24)11-14-4-6-15(21)12-18(14)26-2/h4,6-8,10,12H,3,5,9,11H2,1-2H3,(H,22,24). The van der Waals surface area contributed by atoms with Gasteiger partial charge in [-0.3, -0.25) is 9.59 Å². The lowest BCUT2D eigenvalue weighted by atomic mass is 10.0. The highest BCUT2D eigenvalue weighted by Gasteiger charge is 2.23. The molecule has 0 saturated heterocycles. The molecule has 26 heavy (non-hydrogen) atoms. The van der Waals surface area contributed by atoms with Crippen LogP contribution in [0.15, 0.2) is 40.9 Å². The second-order valence-electron chi connectivity index (χ2n) is 6.16. The molecule has 0 saturated carbocycles. The molecule has 0 unspecified atom stereocenters. The van der Waals surface area contributed by atoms with E-state index in [4.69, 9.17) is 4.74 Å². The monoisotopic (exact) mass is 416 g/mol. The molecule has 0 bridgehead atoms. The first-order chi connectivity index (χ1) is 12.5. The summed E-state index contributed by atoms with van der Waals surface area (Å²) in [5.74, 6) is 0.723. The van der Waals surface area contributed by atoms with Crippen molar-refractivity contribution in [3.05, 3.63) is 52.0 Å². The third-order valence-corrected chi connectivity index (χ3v) is 4.97. The lowest BCUT2D eigenvalue weighted by Crippen LogP contribution is -2.34. The number of carbonyl (C=O) groups excluding carboxylic acids is 2. The number of halogens is 1. The van der Waals surface area contributed by atoms with E-state index in [-0.39, 0.29) is 18.2 Å². The minimum Gasteiger partial charge on any atom is -0.496 e. The summed E-state index contributed by atoms with van der Waals surface area (Å²) in [6, 6.07) is 11.3. The van der Waals surface area contributed by atoms with E-state index in [1.165, 1.54) is 0 Å². The Balaban J connectivity index is 1.74. The van der Waals surface area contributed by atoms with Crippen molar-refractivity contribution in [1.29, 1.82) is 0 Å². The highest BCUT2D eigenvalue weighted by molar-refractivity contribution is 9.10. The molecule has 1 aliphatic rings. The summed E-state index contributed by atoms with van der Waals surface area (Å²) < 4.78 is 6.24. The van der Waals surface area contributed by atoms with Crippen molar-refractivity contribution in [1.82, 2.24) is 0 Å². The Bertz CT molecular complexity index is 851. The summed E-state index contributed by atoms with van der Waals surface area (Å²) in [6.45, 7) is 2.62. The Kier molecular flexibility index (Phi) is 5.61. The van der Waals surface area contributed by atoms with Crippen LogP contribution in [0.3, 0.4) is 0 Å². The van der Waals surface area contributed by atoms with Gasteiger partial charge in [-0.05, 0) is 49.2 Å². The van der Waals surface area contributed by atoms with Gasteiger partial charge in [0.25, 0.3) is 0 Å². The van der Waals surface area contributed by atoms with Crippen molar-refractivity contribution in [3.8, 4) is 5.75 Å². The first kappa shape index (κ1) is 18.5. The Morgan fingerprint density at radius 2 is 2.04 bits per heavy atom. The van der Waals surface area contributed by atoms with E-state index in [2.05, 4.69) is 21.2 Å². The SMILES string of the molecule is CCN1C(=O)CCc2cc(NC(=O)Cc3ccc(Br)cc3OC)ccc21. The topological polar surface area (TPSA) is 58.6 Å². The molecule has 136 valence electrons. The fourth-order valence-corrected chi connectivity index (χ4v) is 3.57. The second-order valence-corrected chi connectivity index (χ2v) is 7.08. The van der Waals surface area contributed by atoms with Crippen LogP contribution in [-0.4, -0.2) is 25.5 Å². The minimum absolute atomic E-state index is 0.107. The van der Waals surface area contributed by atoms with Gasteiger partial charge < -0.3 is 15.0 Å². The maximum atomic E-state index is 12.4. The predicted molar refractivity (Wildman–Crippen MR) is 106 cm³/mol. The summed E-state index contributed by atoms with van der Waals surface area (Å²) in [4.78, 5) is 26.2. The number of nitrogens with zero attached hydrogens (tertiary/aromatic N) is 1. The van der Waals surface area contributed by atoms with Gasteiger partial charge >= 0.3 is 0 Å². The highest BCUT2D eigenvalue weighted by Crippen LogP contribution is 2.30. The number of aryl methyl sites for hydroxylation is 1. The molecule has 5 nitrogen and oxygen atoms in total. The second kappa shape index (κ2) is 7.91. The molecule has 1 heterocycles. The third kappa shape index (κ3) is 3.90. The molecule has 0 radical (unpaired) electrons. The lowest BCUT2D eigenvalue weighted by molar-refractivity contribution is -0.119. The van der Waals surface area contributed by atoms with Crippen LogP contribution in [0, 0.1) is 0 Å². The summed E-state index contributed by atoms with van der Waals surface area (Å²) in [6.07, 6.45) is 1.44. The summed E-state index contributed by atoms with van der Waals surface area (Å²) in [5.41, 5.74) is 3.60. The molecule has 0 fully saturated rings. The van der Waals surface area contributed by atoms with Gasteiger partial charge in [-0.1, -0.05) is 22.0 Å². The zero-order chi connectivity index (χ0) is 18.7. The third-order valence-electron chi connectivity index (χ3n) is 4.48. The molecule has 6 heteroatoms. The Labute approximate surface area is 161 Å². The summed E-state index contributed by atoms with van der Waals surface area (Å²) in [5, 5.41) is 2.94. The predicted octanol–water partition coefficient (Wildman–Crippen LogP) is 3.94. The fraction of sp³-hybridized carbons (Fsp3) is 0.300. The number of methoxy groups -OCH3 is 1. The van der Waals surface area contributed by atoms with E-state index in [0.29, 0.717) is 25.1 Å². The average molecular weight is 417 g/mol. The molecule has 1 aliphatic heterocycles. The van der Waals surface area contributed by atoms with E-state index < -0.39 is 0 Å². The first-order valence-corrected chi connectivity index (χ1v) is 9.36. The van der Waals surface area contributed by atoms with Gasteiger partial charge in [0, 0.05) is 34.4 Å². The van der Waals surface area contributed by atoms with Crippen LogP contribution in [0.25, 0.3) is 0 Å². The zero-order valence-corrected chi connectivity index (χ0v) is 16.4. The number of benzene rings is 2. The quantitative estimate of drug-likeness (QED) is 0.802. The maximum absolute atomic E-state index is 12.4. The van der Waals surface area contributed by atoms with Crippen molar-refractivity contribution in [2.75, 3.05) is 23.9 Å². The smallest absolute Gasteiger partial charge is 0.228 e. The number of anilines is 2. The molecule has 0 aromatic heterocycles. The van der Waals surface area contributed by atoms with Crippen LogP contribution >= 0.6 is 15.9 Å². The number of amides is 2. The molecule has 0 aliphatic carbocycles. The normalized spacial score (nSPS) is 13.3. The number of carbonyl (C=O) groups is 2. The molecule has 0 spiro atoms. The molecule has 2 amide bonds. The van der Waals surface area contributed by atoms with Gasteiger partial charge in [0.05, 0.1) is 13.5 Å². The lowest BCUT2D eigenvalue weighted by Gasteiger charge is -2.28. The average Bonchev–Trinajstić information content (AvgIpc) is 2.63. The van der Waals surface area contributed by atoms with Crippen LogP contribution in [0.1, 0.15) is 24.5 Å². The molecule has 2 aromatic rings. The van der Waals surface area contributed by atoms with E-state index in [9.17, 15) is 9.59 Å². The summed E-state index contributed by atoms with van der Waals surface area (Å²) in [7, 11) is 1.59. The van der Waals surface area contributed by atoms with Gasteiger partial charge in [0.2, 0.25) is 11.8 Å². The van der Waals surface area contributed by atoms with Crippen molar-refractivity contribution in [2.24, 2.45) is 0 Å². The van der Waals surface area contributed by atoms with Crippen molar-refractivity contribution in [3.63, 3.8) is 0 Å². The summed E-state index contributed by atoms with van der Waals surface area (Å²) >= 11 is 3.40. The van der Waals surface area contributed by atoms with E-state index in [0.717, 1.165) is 27.0 Å². The molecule has 3 rings (SSSR count). The van der Waals surface area contributed by atoms with Crippen LogP contribution in [0.4, 0.5) is 11.4 Å². The van der Waals surface area contributed by atoms with E-state index >= 15 is 0 Å². The number of hydrogen-bond donors (Lipinski definition) is 1. The van der Waals surface area contributed by atoms with Gasteiger partial charge in [-0.15, -0.1) is 0 Å². The first-order valence-electron chi connectivity index (χ1n) is 8.57. The number of hydrogen-bond acceptors (Lipinski definition) is 3. The Morgan fingerprint density at radius 1 is 1.23 bits per heavy atom. The Morgan fingerprint density at radius 3 is 2.77 bits per heavy atom. The molecular formula is C20H21BrN2O3. The van der Waals surface area contributed by atoms with E-state index in [1.807, 2.05) is 43.3 Å². The van der Waals surface area contributed by atoms with Gasteiger partial charge in [-0.2, -0.15) is 0 Å². The largest absolute Gasteiger partial charge is 0.496 e. The zero-order valence-electron chi connectivity index (χ0n) is 14.8. The minimum atomic E-state index is -0.107. The number of fused-ring (bicyclic) bond motifs is 1. The van der Waals surface area contributed by atoms with Crippen LogP contribution < -0.4 is 15.0 Å². The van der Waals surface area contributed by atoms with Gasteiger partial charge in [0.15, 0.2) is 0 Å². The highest BCUT2D eigenvalue weighted by atomic mass is 79.9.